The van der Waals surface area contributed by atoms with Crippen LogP contribution in [0.4, 0.5) is 17.1 Å². The van der Waals surface area contributed by atoms with Crippen LogP contribution in [0.15, 0.2) is 184 Å². The molecule has 0 spiro atoms. The lowest BCUT2D eigenvalue weighted by Crippen LogP contribution is -2.13. The summed E-state index contributed by atoms with van der Waals surface area (Å²) in [5.41, 5.74) is 0.845. The number of sulfonamides is 3. The molecule has 26 heteroatoms. The van der Waals surface area contributed by atoms with Gasteiger partial charge in [-0.2, -0.15) is 11.3 Å². The average molecular weight is 1180 g/mol. The van der Waals surface area contributed by atoms with Crippen LogP contribution in [-0.4, -0.2) is 91.1 Å². The van der Waals surface area contributed by atoms with Gasteiger partial charge in [0.05, 0.1) is 58.8 Å². The van der Waals surface area contributed by atoms with Crippen LogP contribution in [-0.2, 0) is 44.5 Å². The van der Waals surface area contributed by atoms with Gasteiger partial charge in [-0.1, -0.05) is 97.1 Å². The molecule has 0 saturated carbocycles. The lowest BCUT2D eigenvalue weighted by Gasteiger charge is -2.14. The van der Waals surface area contributed by atoms with Gasteiger partial charge >= 0.3 is 17.9 Å². The second-order valence-corrected chi connectivity index (χ2v) is 25.6. The molecule has 9 N–H and O–H groups in total. The van der Waals surface area contributed by atoms with Crippen molar-refractivity contribution >= 4 is 155 Å². The molecule has 0 amide bonds. The first-order valence-corrected chi connectivity index (χ1v) is 30.8. The number of carboxylic acid groups (broad SMARTS) is 3. The summed E-state index contributed by atoms with van der Waals surface area (Å²) in [6.07, 6.45) is 0. The number of phenolic OH excluding ortho intramolecular Hbond substituents is 3. The summed E-state index contributed by atoms with van der Waals surface area (Å²) < 4.78 is 83.0. The van der Waals surface area contributed by atoms with Crippen molar-refractivity contribution < 1.29 is 70.3 Å². The molecule has 0 fully saturated rings. The van der Waals surface area contributed by atoms with Crippen molar-refractivity contribution in [1.29, 1.82) is 0 Å². The van der Waals surface area contributed by atoms with Crippen LogP contribution in [0.1, 0.15) is 0 Å². The SMILES string of the molecule is O=C(O)CSc1cc(NS(=O)(=O)c2ccccc2)c2ccccc2c1O.O=C(O)CSc1cc(NS(=O)(=O)c2cccs2)c2ccccc2c1O.O=C(O)CSc1cc(NS(=O)(=O)c2ccsc2)c2ccccc2c1O. The number of fused-ring (bicyclic) bond motifs is 3. The summed E-state index contributed by atoms with van der Waals surface area (Å²) >= 11 is 5.14. The highest BCUT2D eigenvalue weighted by Gasteiger charge is 2.23. The fraction of sp³-hybridized carbons (Fsp3) is 0.0600. The van der Waals surface area contributed by atoms with Gasteiger partial charge in [-0.05, 0) is 53.2 Å². The van der Waals surface area contributed by atoms with Crippen molar-refractivity contribution in [3.05, 3.63) is 156 Å². The Labute approximate surface area is 455 Å². The number of anilines is 3. The number of phenols is 3. The number of carbonyl (C=O) groups is 3. The molecule has 7 aromatic carbocycles. The van der Waals surface area contributed by atoms with Crippen LogP contribution in [0.3, 0.4) is 0 Å². The van der Waals surface area contributed by atoms with E-state index in [4.69, 9.17) is 15.3 Å². The van der Waals surface area contributed by atoms with E-state index in [-0.39, 0.29) is 70.5 Å². The third-order valence-electron chi connectivity index (χ3n) is 10.3. The van der Waals surface area contributed by atoms with Crippen molar-refractivity contribution in [1.82, 2.24) is 0 Å². The van der Waals surface area contributed by atoms with Gasteiger partial charge in [-0.3, -0.25) is 28.5 Å². The van der Waals surface area contributed by atoms with E-state index in [2.05, 4.69) is 14.2 Å². The molecule has 2 aromatic heterocycles. The molecule has 18 nitrogen and oxygen atoms in total. The van der Waals surface area contributed by atoms with E-state index < -0.39 is 48.0 Å². The fourth-order valence-electron chi connectivity index (χ4n) is 7.03. The van der Waals surface area contributed by atoms with Crippen LogP contribution in [0.2, 0.25) is 0 Å². The number of nitrogens with one attached hydrogen (secondary N) is 3. The minimum Gasteiger partial charge on any atom is -0.506 e. The Hall–Kier alpha value is -7.17. The van der Waals surface area contributed by atoms with Crippen molar-refractivity contribution in [2.75, 3.05) is 31.4 Å². The summed E-state index contributed by atoms with van der Waals surface area (Å²) in [5, 5.41) is 65.5. The van der Waals surface area contributed by atoms with Gasteiger partial charge < -0.3 is 30.6 Å². The first kappa shape index (κ1) is 56.6. The smallest absolute Gasteiger partial charge is 0.313 e. The number of aromatic hydroxyl groups is 3. The first-order valence-electron chi connectivity index (χ1n) is 21.6. The first-order chi connectivity index (χ1) is 36.1. The van der Waals surface area contributed by atoms with Gasteiger partial charge in [0, 0.05) is 37.7 Å². The van der Waals surface area contributed by atoms with E-state index in [1.165, 1.54) is 59.2 Å². The molecule has 394 valence electrons. The molecule has 0 atom stereocenters. The third-order valence-corrected chi connectivity index (χ3v) is 19.7. The maximum Gasteiger partial charge on any atom is 0.313 e. The Morgan fingerprint density at radius 3 is 1.12 bits per heavy atom. The van der Waals surface area contributed by atoms with Crippen LogP contribution in [0, 0.1) is 0 Å². The second-order valence-electron chi connectivity index (χ2n) is 15.5. The minimum atomic E-state index is -3.82. The molecule has 2 heterocycles. The van der Waals surface area contributed by atoms with Crippen LogP contribution in [0.5, 0.6) is 17.2 Å². The Kier molecular flexibility index (Phi) is 18.4. The molecule has 0 unspecified atom stereocenters. The van der Waals surface area contributed by atoms with Crippen molar-refractivity contribution in [2.24, 2.45) is 0 Å². The van der Waals surface area contributed by atoms with Crippen molar-refractivity contribution in [2.45, 2.75) is 28.7 Å². The van der Waals surface area contributed by atoms with Gasteiger partial charge in [0.2, 0.25) is 0 Å². The zero-order valence-electron chi connectivity index (χ0n) is 38.8. The summed E-state index contributed by atoms with van der Waals surface area (Å²) in [6.45, 7) is 0. The molecule has 0 bridgehead atoms. The number of benzene rings is 7. The predicted octanol–water partition coefficient (Wildman–Crippen LogP) is 10.7. The molecule has 9 rings (SSSR count). The van der Waals surface area contributed by atoms with Gasteiger partial charge in [0.1, 0.15) is 21.5 Å². The lowest BCUT2D eigenvalue weighted by molar-refractivity contribution is -0.134. The van der Waals surface area contributed by atoms with E-state index in [9.17, 15) is 55.0 Å². The predicted molar refractivity (Wildman–Crippen MR) is 299 cm³/mol. The standard InChI is InChI=1S/C18H15NO5S2.2C16H13NO5S3/c20-17(21)11-25-16-10-15(13-8-4-5-9-14(13)18(16)22)19-26(23,24)12-6-2-1-3-7-12;18-14(19)9-24-13-8-12(10-4-1-2-5-11(10)16(13)20)17-25(21,22)15-6-3-7-23-15;18-15(19)9-24-14-7-13(11-3-1-2-4-12(11)16(14)20)17-25(21,22)10-5-6-23-8-10/h1-10,19,22H,11H2,(H,20,21);2*1-8,17,20H,9H2,(H,18,19). The van der Waals surface area contributed by atoms with Gasteiger partial charge in [0.15, 0.2) is 0 Å². The molecule has 0 aliphatic rings. The average Bonchev–Trinajstić information content (AvgIpc) is 4.18. The highest BCUT2D eigenvalue weighted by Crippen LogP contribution is 2.43. The number of thioether (sulfide) groups is 3. The summed E-state index contributed by atoms with van der Waals surface area (Å²) in [4.78, 5) is 33.6. The number of rotatable bonds is 18. The molecule has 0 aliphatic heterocycles. The van der Waals surface area contributed by atoms with E-state index in [0.29, 0.717) is 42.1 Å². The Balaban J connectivity index is 0.000000166. The van der Waals surface area contributed by atoms with E-state index in [1.54, 1.807) is 108 Å². The number of aliphatic carboxylic acids is 3. The van der Waals surface area contributed by atoms with Gasteiger partial charge in [0.25, 0.3) is 30.1 Å². The molecular weight excluding hydrogens is 1140 g/mol. The molecule has 76 heavy (non-hydrogen) atoms. The molecule has 0 aliphatic carbocycles. The van der Waals surface area contributed by atoms with Crippen molar-refractivity contribution in [3.63, 3.8) is 0 Å². The van der Waals surface area contributed by atoms with Crippen LogP contribution in [0.25, 0.3) is 32.3 Å². The normalized spacial score (nSPS) is 11.5. The number of carboxylic acids is 3. The summed E-state index contributed by atoms with van der Waals surface area (Å²) in [6, 6.07) is 37.2. The Bertz CT molecular complexity index is 3770. The second kappa shape index (κ2) is 24.7. The number of hydrogen-bond acceptors (Lipinski definition) is 17. The van der Waals surface area contributed by atoms with Crippen LogP contribution >= 0.6 is 58.0 Å². The quantitative estimate of drug-likeness (QED) is 0.0285. The van der Waals surface area contributed by atoms with E-state index in [0.717, 1.165) is 46.6 Å². The topological polar surface area (TPSA) is 311 Å². The molecule has 0 saturated heterocycles. The molecule has 0 radical (unpaired) electrons. The highest BCUT2D eigenvalue weighted by atomic mass is 32.2. The summed E-state index contributed by atoms with van der Waals surface area (Å²) in [5.74, 6) is -4.05. The maximum absolute atomic E-state index is 12.6. The van der Waals surface area contributed by atoms with E-state index in [1.807, 2.05) is 0 Å². The maximum atomic E-state index is 12.6. The third kappa shape index (κ3) is 14.0. The zero-order chi connectivity index (χ0) is 54.8. The van der Waals surface area contributed by atoms with Crippen molar-refractivity contribution in [3.8, 4) is 17.2 Å². The van der Waals surface area contributed by atoms with Gasteiger partial charge in [-0.25, -0.2) is 25.3 Å². The van der Waals surface area contributed by atoms with Crippen LogP contribution < -0.4 is 14.2 Å². The largest absolute Gasteiger partial charge is 0.506 e. The Morgan fingerprint density at radius 2 is 0.776 bits per heavy atom. The number of hydrogen-bond donors (Lipinski definition) is 9. The lowest BCUT2D eigenvalue weighted by atomic mass is 10.1. The summed E-state index contributed by atoms with van der Waals surface area (Å²) in [7, 11) is -11.4. The minimum absolute atomic E-state index is 0.0686. The highest BCUT2D eigenvalue weighted by molar-refractivity contribution is 8.00. The monoisotopic (exact) mass is 1180 g/mol. The zero-order valence-corrected chi connectivity index (χ0v) is 45.3. The fourth-order valence-corrected chi connectivity index (χ4v) is 14.5. The number of thiophene rings is 2. The molecule has 9 aromatic rings. The van der Waals surface area contributed by atoms with E-state index >= 15 is 0 Å². The van der Waals surface area contributed by atoms with Gasteiger partial charge in [-0.15, -0.1) is 46.6 Å². The molecular formula is C50H41N3O15S8. The Morgan fingerprint density at radius 1 is 0.421 bits per heavy atom.